The van der Waals surface area contributed by atoms with Crippen LogP contribution < -0.4 is 10.1 Å². The van der Waals surface area contributed by atoms with E-state index in [1.807, 2.05) is 0 Å². The molecule has 1 saturated carbocycles. The summed E-state index contributed by atoms with van der Waals surface area (Å²) in [6, 6.07) is 8.62. The van der Waals surface area contributed by atoms with Crippen LogP contribution in [0.2, 0.25) is 0 Å². The van der Waals surface area contributed by atoms with Crippen LogP contribution >= 0.6 is 0 Å². The van der Waals surface area contributed by atoms with Gasteiger partial charge in [0.15, 0.2) is 0 Å². The Morgan fingerprint density at radius 3 is 2.38 bits per heavy atom. The normalized spacial score (nSPS) is 14.1. The Morgan fingerprint density at radius 1 is 1.05 bits per heavy atom. The molecule has 0 spiro atoms. The molecule has 0 aromatic heterocycles. The third kappa shape index (κ3) is 6.54. The zero-order chi connectivity index (χ0) is 28.5. The molecular formula is C28H24F5NO5. The van der Waals surface area contributed by atoms with Crippen molar-refractivity contribution in [3.8, 4) is 11.5 Å². The molecule has 3 aromatic carbocycles. The monoisotopic (exact) mass is 549 g/mol. The molecule has 2 N–H and O–H groups in total. The number of hydrogen-bond acceptors (Lipinski definition) is 5. The smallest absolute Gasteiger partial charge is 0.416 e. The molecule has 6 nitrogen and oxygen atoms in total. The second kappa shape index (κ2) is 11.0. The summed E-state index contributed by atoms with van der Waals surface area (Å²) in [4.78, 5) is 24.8. The number of aliphatic hydroxyl groups is 1. The summed E-state index contributed by atoms with van der Waals surface area (Å²) < 4.78 is 80.1. The number of benzene rings is 3. The molecule has 0 radical (unpaired) electrons. The van der Waals surface area contributed by atoms with Gasteiger partial charge in [-0.3, -0.25) is 9.59 Å². The number of nitrogens with one attached hydrogen (secondary N) is 1. The van der Waals surface area contributed by atoms with E-state index in [0.29, 0.717) is 24.5 Å². The highest BCUT2D eigenvalue weighted by Crippen LogP contribution is 2.48. The first kappa shape index (κ1) is 28.0. The SMILES string of the molecule is COC(=O)CC(O)c1cc(NC(=O)c2cc(C(F)(F)F)c(C3CC3)cc2Oc2ccc(F)cc2C)ccc1F. The Kier molecular flexibility index (Phi) is 7.91. The number of carbonyl (C=O) groups excluding carboxylic acids is 2. The Labute approximate surface area is 220 Å². The zero-order valence-corrected chi connectivity index (χ0v) is 20.9. The van der Waals surface area contributed by atoms with Crippen LogP contribution in [0.15, 0.2) is 48.5 Å². The standard InChI is InChI=1S/C28H24F5NO5/c1-14-9-16(29)5-8-24(14)39-25-12-18(15-3-4-15)21(28(31,32)33)11-20(25)27(37)34-17-6-7-22(30)19(10-17)23(35)13-26(36)38-2/h5-12,15,23,35H,3-4,13H2,1-2H3,(H,34,37). The first-order valence-corrected chi connectivity index (χ1v) is 11.9. The van der Waals surface area contributed by atoms with Crippen LogP contribution in [0.3, 0.4) is 0 Å². The van der Waals surface area contributed by atoms with Gasteiger partial charge in [0, 0.05) is 11.3 Å². The van der Waals surface area contributed by atoms with Gasteiger partial charge < -0.3 is 19.9 Å². The van der Waals surface area contributed by atoms with Crippen LogP contribution in [0.4, 0.5) is 27.6 Å². The average molecular weight is 549 g/mol. The molecule has 1 unspecified atom stereocenters. The molecule has 1 atom stereocenters. The number of anilines is 1. The lowest BCUT2D eigenvalue weighted by molar-refractivity contribution is -0.143. The molecule has 0 aliphatic heterocycles. The topological polar surface area (TPSA) is 84.9 Å². The number of aliphatic hydroxyl groups excluding tert-OH is 1. The minimum atomic E-state index is -4.75. The fraction of sp³-hybridized carbons (Fsp3) is 0.286. The fourth-order valence-corrected chi connectivity index (χ4v) is 4.11. The summed E-state index contributed by atoms with van der Waals surface area (Å²) in [5.74, 6) is -3.58. The van der Waals surface area contributed by atoms with Crippen molar-refractivity contribution in [3.63, 3.8) is 0 Å². The number of amides is 1. The molecule has 1 aliphatic carbocycles. The van der Waals surface area contributed by atoms with Gasteiger partial charge in [-0.15, -0.1) is 0 Å². The van der Waals surface area contributed by atoms with Gasteiger partial charge in [-0.1, -0.05) is 0 Å². The molecule has 39 heavy (non-hydrogen) atoms. The molecule has 0 heterocycles. The minimum absolute atomic E-state index is 0.0104. The van der Waals surface area contributed by atoms with Gasteiger partial charge in [-0.05, 0) is 85.3 Å². The Bertz CT molecular complexity index is 1420. The third-order valence-corrected chi connectivity index (χ3v) is 6.28. The maximum Gasteiger partial charge on any atom is 0.416 e. The number of alkyl halides is 3. The van der Waals surface area contributed by atoms with Crippen molar-refractivity contribution >= 4 is 17.6 Å². The highest BCUT2D eigenvalue weighted by molar-refractivity contribution is 6.06. The van der Waals surface area contributed by atoms with E-state index in [1.165, 1.54) is 18.2 Å². The number of ether oxygens (including phenoxy) is 2. The van der Waals surface area contributed by atoms with Crippen LogP contribution in [0, 0.1) is 18.6 Å². The van der Waals surface area contributed by atoms with Crippen LogP contribution in [0.25, 0.3) is 0 Å². The van der Waals surface area contributed by atoms with Crippen molar-refractivity contribution in [1.29, 1.82) is 0 Å². The van der Waals surface area contributed by atoms with E-state index in [9.17, 15) is 36.6 Å². The van der Waals surface area contributed by atoms with Crippen LogP contribution in [0.5, 0.6) is 11.5 Å². The lowest BCUT2D eigenvalue weighted by Crippen LogP contribution is -2.17. The fourth-order valence-electron chi connectivity index (χ4n) is 4.11. The Hall–Kier alpha value is -3.99. The predicted octanol–water partition coefficient (Wildman–Crippen LogP) is 6.81. The number of methoxy groups -OCH3 is 1. The van der Waals surface area contributed by atoms with E-state index in [-0.39, 0.29) is 34.2 Å². The second-order valence-electron chi connectivity index (χ2n) is 9.21. The maximum absolute atomic E-state index is 14.3. The quantitative estimate of drug-likeness (QED) is 0.238. The van der Waals surface area contributed by atoms with E-state index in [2.05, 4.69) is 10.1 Å². The molecule has 4 rings (SSSR count). The summed E-state index contributed by atoms with van der Waals surface area (Å²) in [6.45, 7) is 1.55. The van der Waals surface area contributed by atoms with Crippen molar-refractivity contribution < 1.29 is 46.1 Å². The summed E-state index contributed by atoms with van der Waals surface area (Å²) in [5, 5.41) is 12.6. The van der Waals surface area contributed by atoms with Crippen molar-refractivity contribution in [2.24, 2.45) is 0 Å². The predicted molar refractivity (Wildman–Crippen MR) is 131 cm³/mol. The van der Waals surface area contributed by atoms with E-state index in [1.54, 1.807) is 6.92 Å². The molecule has 1 amide bonds. The Balaban J connectivity index is 1.73. The van der Waals surface area contributed by atoms with Gasteiger partial charge >= 0.3 is 12.1 Å². The van der Waals surface area contributed by atoms with Crippen LogP contribution in [-0.4, -0.2) is 24.1 Å². The number of esters is 1. The van der Waals surface area contributed by atoms with Gasteiger partial charge in [-0.2, -0.15) is 13.2 Å². The molecule has 1 aliphatic rings. The van der Waals surface area contributed by atoms with Crippen molar-refractivity contribution in [2.75, 3.05) is 12.4 Å². The van der Waals surface area contributed by atoms with Gasteiger partial charge in [0.1, 0.15) is 23.1 Å². The van der Waals surface area contributed by atoms with Gasteiger partial charge in [0.05, 0.1) is 30.8 Å². The van der Waals surface area contributed by atoms with Crippen LogP contribution in [-0.2, 0) is 15.7 Å². The first-order chi connectivity index (χ1) is 18.4. The molecule has 1 fully saturated rings. The highest BCUT2D eigenvalue weighted by Gasteiger charge is 2.40. The van der Waals surface area contributed by atoms with Crippen molar-refractivity contribution in [3.05, 3.63) is 88.0 Å². The Morgan fingerprint density at radius 2 is 1.77 bits per heavy atom. The van der Waals surface area contributed by atoms with E-state index < -0.39 is 53.3 Å². The number of aryl methyl sites for hydroxylation is 1. The summed E-state index contributed by atoms with van der Waals surface area (Å²) in [5.41, 5.74) is -1.47. The maximum atomic E-state index is 14.3. The summed E-state index contributed by atoms with van der Waals surface area (Å²) in [7, 11) is 1.10. The number of halogens is 5. The van der Waals surface area contributed by atoms with Gasteiger partial charge in [0.25, 0.3) is 5.91 Å². The lowest BCUT2D eigenvalue weighted by Gasteiger charge is -2.19. The van der Waals surface area contributed by atoms with E-state index in [0.717, 1.165) is 31.4 Å². The van der Waals surface area contributed by atoms with Gasteiger partial charge in [0.2, 0.25) is 0 Å². The molecule has 3 aromatic rings. The molecule has 206 valence electrons. The molecule has 11 heteroatoms. The number of hydrogen-bond donors (Lipinski definition) is 2. The van der Waals surface area contributed by atoms with Crippen molar-refractivity contribution in [1.82, 2.24) is 0 Å². The van der Waals surface area contributed by atoms with Crippen molar-refractivity contribution in [2.45, 2.75) is 44.4 Å². The molecular weight excluding hydrogens is 525 g/mol. The average Bonchev–Trinajstić information content (AvgIpc) is 3.71. The molecule has 0 bridgehead atoms. The van der Waals surface area contributed by atoms with E-state index in [4.69, 9.17) is 4.74 Å². The number of carbonyl (C=O) groups is 2. The zero-order valence-electron chi connectivity index (χ0n) is 20.9. The van der Waals surface area contributed by atoms with E-state index >= 15 is 0 Å². The summed E-state index contributed by atoms with van der Waals surface area (Å²) in [6.07, 6.45) is -5.80. The van der Waals surface area contributed by atoms with Gasteiger partial charge in [-0.25, -0.2) is 8.78 Å². The highest BCUT2D eigenvalue weighted by atomic mass is 19.4. The summed E-state index contributed by atoms with van der Waals surface area (Å²) >= 11 is 0. The largest absolute Gasteiger partial charge is 0.469 e. The minimum Gasteiger partial charge on any atom is -0.469 e. The number of rotatable bonds is 8. The first-order valence-electron chi connectivity index (χ1n) is 11.9. The van der Waals surface area contributed by atoms with Crippen LogP contribution in [0.1, 0.15) is 63.9 Å². The molecule has 0 saturated heterocycles. The second-order valence-corrected chi connectivity index (χ2v) is 9.21. The lowest BCUT2D eigenvalue weighted by atomic mass is 9.98. The third-order valence-electron chi connectivity index (χ3n) is 6.28.